The number of anilines is 1. The molecule has 80 heavy (non-hydrogen) atoms. The number of carbonyl (C=O) groups is 7. The van der Waals surface area contributed by atoms with Crippen molar-refractivity contribution in [3.8, 4) is 0 Å². The van der Waals surface area contributed by atoms with Crippen molar-refractivity contribution in [2.75, 3.05) is 31.5 Å². The van der Waals surface area contributed by atoms with Crippen LogP contribution in [0.3, 0.4) is 0 Å². The SMILES string of the molecule is Cc1ccc(C(=O)N(CCCNC(O)OCc2ccc(NC(=O)[C@H](CCCNC(N)=O)NC(=O)[C@@H](NC(=O)CCCCCN3C(=O)C=CC3=O)C(C)C)cc2)[C@@H](c2nc3cc(Cl)ccc3c(=O)n2Cc2ccccc2)C(C)C)cc1. The number of imide groups is 1. The van der Waals surface area contributed by atoms with Gasteiger partial charge in [0.05, 0.1) is 30.1 Å². The maximum Gasteiger partial charge on any atom is 0.312 e. The van der Waals surface area contributed by atoms with Crippen LogP contribution in [0, 0.1) is 18.8 Å². The topological polar surface area (TPSA) is 276 Å². The van der Waals surface area contributed by atoms with Gasteiger partial charge in [-0.1, -0.05) is 106 Å². The minimum Gasteiger partial charge on any atom is -0.356 e. The van der Waals surface area contributed by atoms with Crippen molar-refractivity contribution in [2.45, 2.75) is 117 Å². The van der Waals surface area contributed by atoms with E-state index in [0.29, 0.717) is 64.2 Å². The summed E-state index contributed by atoms with van der Waals surface area (Å²) in [5, 5.41) is 25.6. The Hall–Kier alpha value is -7.78. The predicted molar refractivity (Wildman–Crippen MR) is 305 cm³/mol. The zero-order valence-corrected chi connectivity index (χ0v) is 46.7. The van der Waals surface area contributed by atoms with Crippen LogP contribution in [0.5, 0.6) is 0 Å². The van der Waals surface area contributed by atoms with Gasteiger partial charge in [-0.05, 0) is 104 Å². The molecule has 20 nitrogen and oxygen atoms in total. The second kappa shape index (κ2) is 30.0. The lowest BCUT2D eigenvalue weighted by atomic mass is 9.98. The quantitative estimate of drug-likeness (QED) is 0.0154. The second-order valence-electron chi connectivity index (χ2n) is 20.5. The number of primary amides is 1. The number of urea groups is 1. The molecule has 4 aromatic carbocycles. The molecule has 0 fully saturated rings. The van der Waals surface area contributed by atoms with Crippen molar-refractivity contribution >= 4 is 69.7 Å². The van der Waals surface area contributed by atoms with Gasteiger partial charge in [0.15, 0.2) is 0 Å². The van der Waals surface area contributed by atoms with Crippen LogP contribution in [0.4, 0.5) is 10.5 Å². The molecule has 1 aliphatic heterocycles. The highest BCUT2D eigenvalue weighted by Crippen LogP contribution is 2.31. The van der Waals surface area contributed by atoms with Gasteiger partial charge in [-0.3, -0.25) is 48.3 Å². The molecule has 21 heteroatoms. The molecule has 5 aromatic rings. The molecule has 0 spiro atoms. The lowest BCUT2D eigenvalue weighted by Crippen LogP contribution is -2.54. The molecule has 6 rings (SSSR count). The standard InChI is InChI=1S/C59H73ClN10O10/c1-37(2)51(67-48(71)17-10-7-11-32-68-49(72)28-29-50(68)73)55(75)66-46(16-12-30-62-58(61)78)54(74)64-44-25-20-41(21-26-44)36-80-59(79)63-31-13-33-69(56(76)42-22-18-39(5)19-23-42)52(38(3)4)53-65-47-34-43(60)24-27-45(47)57(77)70(53)35-40-14-8-6-9-15-40/h6,8-9,14-15,18-29,34,37-38,46,51-52,59,63,79H,7,10-13,16-17,30-33,35-36H2,1-5H3,(H,64,74)(H,66,75)(H,67,71)(H3,61,62,78)/t46-,51-,52+,59?/m0/s1. The molecular formula is C59H73ClN10O10. The Morgan fingerprint density at radius 2 is 1.48 bits per heavy atom. The Morgan fingerprint density at radius 1 is 0.775 bits per heavy atom. The van der Waals surface area contributed by atoms with Crippen LogP contribution >= 0.6 is 11.6 Å². The average molecular weight is 1120 g/mol. The number of aliphatic hydroxyl groups excluding tert-OH is 1. The molecule has 0 bridgehead atoms. The number of aryl methyl sites for hydroxylation is 1. The monoisotopic (exact) mass is 1120 g/mol. The molecule has 426 valence electrons. The normalized spacial score (nSPS) is 13.8. The number of aliphatic hydroxyl groups is 1. The zero-order valence-electron chi connectivity index (χ0n) is 45.9. The van der Waals surface area contributed by atoms with Crippen molar-refractivity contribution in [3.05, 3.63) is 153 Å². The number of nitrogens with zero attached hydrogens (tertiary/aromatic N) is 4. The van der Waals surface area contributed by atoms with Crippen molar-refractivity contribution in [1.82, 2.24) is 40.6 Å². The van der Waals surface area contributed by atoms with Gasteiger partial charge in [-0.2, -0.15) is 0 Å². The minimum absolute atomic E-state index is 0.0152. The zero-order chi connectivity index (χ0) is 57.9. The average Bonchev–Trinajstić information content (AvgIpc) is 3.83. The number of ether oxygens (including phenoxy) is 1. The molecule has 4 atom stereocenters. The summed E-state index contributed by atoms with van der Waals surface area (Å²) in [4.78, 5) is 112. The number of rotatable bonds is 30. The summed E-state index contributed by atoms with van der Waals surface area (Å²) < 4.78 is 7.37. The fraction of sp³-hybridized carbons (Fsp3) is 0.407. The molecule has 2 heterocycles. The molecule has 8 N–H and O–H groups in total. The summed E-state index contributed by atoms with van der Waals surface area (Å²) in [5.74, 6) is -2.59. The van der Waals surface area contributed by atoms with E-state index in [1.807, 2.05) is 63.2 Å². The molecule has 0 aliphatic carbocycles. The number of carbonyl (C=O) groups excluding carboxylic acids is 7. The molecule has 0 saturated carbocycles. The second-order valence-corrected chi connectivity index (χ2v) is 20.9. The third kappa shape index (κ3) is 17.9. The Kier molecular flexibility index (Phi) is 23.0. The van der Waals surface area contributed by atoms with E-state index in [0.717, 1.165) is 16.0 Å². The molecule has 1 unspecified atom stereocenters. The number of hydrogen-bond acceptors (Lipinski definition) is 12. The first kappa shape index (κ1) is 61.4. The van der Waals surface area contributed by atoms with Crippen LogP contribution in [0.25, 0.3) is 10.9 Å². The minimum atomic E-state index is -1.39. The van der Waals surface area contributed by atoms with Gasteiger partial charge in [-0.15, -0.1) is 0 Å². The Balaban J connectivity index is 1.05. The number of nitrogens with one attached hydrogen (secondary N) is 5. The van der Waals surface area contributed by atoms with Crippen molar-refractivity contribution in [3.63, 3.8) is 0 Å². The summed E-state index contributed by atoms with van der Waals surface area (Å²) in [6, 6.07) is 25.1. The van der Waals surface area contributed by atoms with Crippen LogP contribution in [0.1, 0.15) is 112 Å². The smallest absolute Gasteiger partial charge is 0.312 e. The van der Waals surface area contributed by atoms with Gasteiger partial charge in [-0.25, -0.2) is 9.78 Å². The summed E-state index contributed by atoms with van der Waals surface area (Å²) >= 11 is 6.42. The van der Waals surface area contributed by atoms with Gasteiger partial charge in [0.2, 0.25) is 24.1 Å². The highest BCUT2D eigenvalue weighted by Gasteiger charge is 2.34. The van der Waals surface area contributed by atoms with E-state index >= 15 is 0 Å². The summed E-state index contributed by atoms with van der Waals surface area (Å²) in [6.07, 6.45) is 3.52. The molecule has 8 amide bonds. The number of nitrogens with two attached hydrogens (primary N) is 1. The number of unbranched alkanes of at least 4 members (excludes halogenated alkanes) is 2. The van der Waals surface area contributed by atoms with Crippen LogP contribution in [0.2, 0.25) is 5.02 Å². The molecule has 0 saturated heterocycles. The number of halogens is 1. The van der Waals surface area contributed by atoms with Crippen molar-refractivity contribution < 1.29 is 43.4 Å². The number of aromatic nitrogens is 2. The fourth-order valence-electron chi connectivity index (χ4n) is 9.22. The fourth-order valence-corrected chi connectivity index (χ4v) is 9.38. The number of benzene rings is 4. The molecular weight excluding hydrogens is 1040 g/mol. The molecule has 1 aliphatic rings. The lowest BCUT2D eigenvalue weighted by Gasteiger charge is -2.36. The number of hydrogen-bond donors (Lipinski definition) is 7. The Bertz CT molecular complexity index is 3030. The van der Waals surface area contributed by atoms with E-state index in [4.69, 9.17) is 27.1 Å². The van der Waals surface area contributed by atoms with E-state index in [2.05, 4.69) is 26.6 Å². The van der Waals surface area contributed by atoms with Gasteiger partial charge in [0.1, 0.15) is 17.9 Å². The van der Waals surface area contributed by atoms with Crippen LogP contribution in [-0.2, 0) is 41.9 Å². The van der Waals surface area contributed by atoms with Crippen LogP contribution in [0.15, 0.2) is 114 Å². The maximum atomic E-state index is 14.6. The Morgan fingerprint density at radius 3 is 2.14 bits per heavy atom. The van der Waals surface area contributed by atoms with Crippen molar-refractivity contribution in [2.24, 2.45) is 17.6 Å². The van der Waals surface area contributed by atoms with E-state index in [1.165, 1.54) is 12.2 Å². The summed E-state index contributed by atoms with van der Waals surface area (Å²) in [6.45, 7) is 10.5. The first-order chi connectivity index (χ1) is 38.3. The van der Waals surface area contributed by atoms with Gasteiger partial charge in [0, 0.05) is 61.0 Å². The van der Waals surface area contributed by atoms with Gasteiger partial charge >= 0.3 is 6.03 Å². The maximum absolute atomic E-state index is 14.6. The van der Waals surface area contributed by atoms with E-state index in [9.17, 15) is 43.5 Å². The van der Waals surface area contributed by atoms with E-state index in [1.54, 1.807) is 77.9 Å². The first-order valence-electron chi connectivity index (χ1n) is 27.0. The number of fused-ring (bicyclic) bond motifs is 1. The Labute approximate surface area is 470 Å². The van der Waals surface area contributed by atoms with Crippen LogP contribution < -0.4 is 37.9 Å². The van der Waals surface area contributed by atoms with Crippen LogP contribution in [-0.4, -0.2) is 111 Å². The molecule has 0 radical (unpaired) electrons. The van der Waals surface area contributed by atoms with Crippen molar-refractivity contribution in [1.29, 1.82) is 0 Å². The first-order valence-corrected chi connectivity index (χ1v) is 27.4. The van der Waals surface area contributed by atoms with Gasteiger partial charge < -0.3 is 41.7 Å². The van der Waals surface area contributed by atoms with E-state index < -0.39 is 42.4 Å². The highest BCUT2D eigenvalue weighted by molar-refractivity contribution is 6.31. The largest absolute Gasteiger partial charge is 0.356 e. The van der Waals surface area contributed by atoms with E-state index in [-0.39, 0.29) is 99.6 Å². The summed E-state index contributed by atoms with van der Waals surface area (Å²) in [7, 11) is 0. The number of amides is 8. The third-order valence-corrected chi connectivity index (χ3v) is 13.7. The summed E-state index contributed by atoms with van der Waals surface area (Å²) in [5.41, 5.74) is 8.81. The van der Waals surface area contributed by atoms with Gasteiger partial charge in [0.25, 0.3) is 23.3 Å². The third-order valence-electron chi connectivity index (χ3n) is 13.5. The predicted octanol–water partition coefficient (Wildman–Crippen LogP) is 6.22. The molecule has 1 aromatic heterocycles. The lowest BCUT2D eigenvalue weighted by molar-refractivity contribution is -0.137. The highest BCUT2D eigenvalue weighted by atomic mass is 35.5.